The molecule has 122 valence electrons. The average Bonchev–Trinajstić information content (AvgIpc) is 2.95. The van der Waals surface area contributed by atoms with Crippen molar-refractivity contribution in [3.63, 3.8) is 0 Å². The SMILES string of the molecule is CSc1ncc(C(=O)OCC2CC2(Cl)Cl)n1-c1ccc(F)cc1. The summed E-state index contributed by atoms with van der Waals surface area (Å²) in [5.74, 6) is -0.909. The highest BCUT2D eigenvalue weighted by Crippen LogP contribution is 2.53. The Kier molecular flexibility index (Phi) is 4.58. The molecule has 0 radical (unpaired) electrons. The summed E-state index contributed by atoms with van der Waals surface area (Å²) in [5, 5.41) is 0.610. The van der Waals surface area contributed by atoms with Gasteiger partial charge in [0.05, 0.1) is 12.8 Å². The molecule has 1 unspecified atom stereocenters. The van der Waals surface area contributed by atoms with Crippen LogP contribution in [0.4, 0.5) is 4.39 Å². The summed E-state index contributed by atoms with van der Waals surface area (Å²) >= 11 is 13.2. The van der Waals surface area contributed by atoms with E-state index in [0.29, 0.717) is 17.3 Å². The maximum atomic E-state index is 13.1. The second-order valence-electron chi connectivity index (χ2n) is 5.20. The standard InChI is InChI=1S/C15H13Cl2FN2O2S/c1-23-14-19-7-12(13(21)22-8-9-6-15(9,16)17)20(14)11-4-2-10(18)3-5-11/h2-5,7,9H,6,8H2,1H3. The van der Waals surface area contributed by atoms with E-state index in [1.807, 2.05) is 6.26 Å². The normalized spacial score (nSPS) is 18.7. The molecule has 0 saturated heterocycles. The highest BCUT2D eigenvalue weighted by Gasteiger charge is 2.52. The van der Waals surface area contributed by atoms with Crippen molar-refractivity contribution in [2.45, 2.75) is 15.9 Å². The Balaban J connectivity index is 1.83. The fourth-order valence-electron chi connectivity index (χ4n) is 2.16. The molecule has 23 heavy (non-hydrogen) atoms. The number of thioether (sulfide) groups is 1. The number of hydrogen-bond donors (Lipinski definition) is 0. The van der Waals surface area contributed by atoms with E-state index in [9.17, 15) is 9.18 Å². The first-order valence-electron chi connectivity index (χ1n) is 6.85. The van der Waals surface area contributed by atoms with Gasteiger partial charge in [-0.25, -0.2) is 14.2 Å². The second-order valence-corrected chi connectivity index (χ2v) is 7.52. The van der Waals surface area contributed by atoms with E-state index >= 15 is 0 Å². The fourth-order valence-corrected chi connectivity index (χ4v) is 3.21. The lowest BCUT2D eigenvalue weighted by atomic mass is 10.3. The Morgan fingerprint density at radius 3 is 2.70 bits per heavy atom. The van der Waals surface area contributed by atoms with Crippen molar-refractivity contribution in [2.75, 3.05) is 12.9 Å². The first-order valence-corrected chi connectivity index (χ1v) is 8.83. The Bertz CT molecular complexity index is 734. The van der Waals surface area contributed by atoms with E-state index in [2.05, 4.69) is 4.98 Å². The number of esters is 1. The Hall–Kier alpha value is -1.24. The Morgan fingerprint density at radius 2 is 2.13 bits per heavy atom. The number of rotatable bonds is 5. The molecule has 0 amide bonds. The molecule has 1 aromatic carbocycles. The molecule has 8 heteroatoms. The second kappa shape index (κ2) is 6.34. The summed E-state index contributed by atoms with van der Waals surface area (Å²) in [6.45, 7) is 0.162. The van der Waals surface area contributed by atoms with Crippen LogP contribution in [-0.2, 0) is 4.74 Å². The van der Waals surface area contributed by atoms with E-state index in [1.165, 1.54) is 30.1 Å². The topological polar surface area (TPSA) is 44.1 Å². The van der Waals surface area contributed by atoms with Gasteiger partial charge in [-0.05, 0) is 36.9 Å². The van der Waals surface area contributed by atoms with Gasteiger partial charge in [-0.3, -0.25) is 4.57 Å². The molecule has 1 atom stereocenters. The molecule has 0 N–H and O–H groups in total. The number of benzene rings is 1. The van der Waals surface area contributed by atoms with Crippen molar-refractivity contribution in [2.24, 2.45) is 5.92 Å². The average molecular weight is 375 g/mol. The van der Waals surface area contributed by atoms with Gasteiger partial charge < -0.3 is 4.74 Å². The first-order chi connectivity index (χ1) is 10.9. The summed E-state index contributed by atoms with van der Waals surface area (Å²) in [5.41, 5.74) is 0.909. The summed E-state index contributed by atoms with van der Waals surface area (Å²) in [6.07, 6.45) is 3.90. The smallest absolute Gasteiger partial charge is 0.357 e. The van der Waals surface area contributed by atoms with Crippen molar-refractivity contribution in [3.8, 4) is 5.69 Å². The van der Waals surface area contributed by atoms with E-state index in [-0.39, 0.29) is 24.0 Å². The predicted molar refractivity (Wildman–Crippen MR) is 88.1 cm³/mol. The van der Waals surface area contributed by atoms with E-state index in [4.69, 9.17) is 27.9 Å². The molecule has 1 saturated carbocycles. The van der Waals surface area contributed by atoms with Crippen LogP contribution in [0.15, 0.2) is 35.6 Å². The van der Waals surface area contributed by atoms with Crippen molar-refractivity contribution < 1.29 is 13.9 Å². The van der Waals surface area contributed by atoms with Crippen molar-refractivity contribution in [1.29, 1.82) is 0 Å². The van der Waals surface area contributed by atoms with Crippen LogP contribution in [0.2, 0.25) is 0 Å². The molecule has 0 aliphatic heterocycles. The Labute approximate surface area is 146 Å². The third kappa shape index (κ3) is 3.49. The van der Waals surface area contributed by atoms with Crippen LogP contribution in [-0.4, -0.2) is 32.7 Å². The number of ether oxygens (including phenoxy) is 1. The number of alkyl halides is 2. The summed E-state index contributed by atoms with van der Waals surface area (Å²) < 4.78 is 19.2. The van der Waals surface area contributed by atoms with Crippen LogP contribution in [0.1, 0.15) is 16.9 Å². The van der Waals surface area contributed by atoms with Crippen LogP contribution in [0.3, 0.4) is 0 Å². The van der Waals surface area contributed by atoms with E-state index < -0.39 is 10.3 Å². The maximum Gasteiger partial charge on any atom is 0.357 e. The molecule has 1 aliphatic rings. The fraction of sp³-hybridized carbons (Fsp3) is 0.333. The molecule has 4 nitrogen and oxygen atoms in total. The van der Waals surface area contributed by atoms with Crippen LogP contribution >= 0.6 is 35.0 Å². The molecule has 1 fully saturated rings. The maximum absolute atomic E-state index is 13.1. The van der Waals surface area contributed by atoms with Gasteiger partial charge in [0, 0.05) is 11.6 Å². The highest BCUT2D eigenvalue weighted by atomic mass is 35.5. The molecular formula is C15H13Cl2FN2O2S. The zero-order valence-corrected chi connectivity index (χ0v) is 14.5. The van der Waals surface area contributed by atoms with E-state index in [1.54, 1.807) is 16.7 Å². The van der Waals surface area contributed by atoms with E-state index in [0.717, 1.165) is 0 Å². The van der Waals surface area contributed by atoms with Gasteiger partial charge in [-0.1, -0.05) is 11.8 Å². The first kappa shape index (κ1) is 16.6. The minimum absolute atomic E-state index is 0.0444. The molecule has 1 heterocycles. The quantitative estimate of drug-likeness (QED) is 0.449. The lowest BCUT2D eigenvalue weighted by Crippen LogP contribution is -2.14. The molecule has 0 bridgehead atoms. The summed E-state index contributed by atoms with van der Waals surface area (Å²) in [4.78, 5) is 16.5. The van der Waals surface area contributed by atoms with Gasteiger partial charge in [-0.2, -0.15) is 0 Å². The molecule has 1 aliphatic carbocycles. The van der Waals surface area contributed by atoms with Gasteiger partial charge in [0.2, 0.25) is 0 Å². The highest BCUT2D eigenvalue weighted by molar-refractivity contribution is 7.98. The largest absolute Gasteiger partial charge is 0.461 e. The molecule has 0 spiro atoms. The number of imidazole rings is 1. The summed E-state index contributed by atoms with van der Waals surface area (Å²) in [6, 6.07) is 5.82. The molecule has 2 aromatic rings. The van der Waals surface area contributed by atoms with Crippen molar-refractivity contribution in [3.05, 3.63) is 42.0 Å². The monoisotopic (exact) mass is 374 g/mol. The number of nitrogens with zero attached hydrogens (tertiary/aromatic N) is 2. The van der Waals surface area contributed by atoms with Crippen molar-refractivity contribution in [1.82, 2.24) is 9.55 Å². The third-order valence-corrected chi connectivity index (χ3v) is 5.16. The minimum Gasteiger partial charge on any atom is -0.461 e. The minimum atomic E-state index is -0.790. The number of carbonyl (C=O) groups is 1. The van der Waals surface area contributed by atoms with Gasteiger partial charge in [-0.15, -0.1) is 23.2 Å². The Morgan fingerprint density at radius 1 is 1.48 bits per heavy atom. The number of aromatic nitrogens is 2. The number of halogens is 3. The lowest BCUT2D eigenvalue weighted by molar-refractivity contribution is 0.0475. The third-order valence-electron chi connectivity index (χ3n) is 3.58. The predicted octanol–water partition coefficient (Wildman–Crippen LogP) is 4.08. The van der Waals surface area contributed by atoms with Crippen LogP contribution in [0.5, 0.6) is 0 Å². The molecular weight excluding hydrogens is 362 g/mol. The van der Waals surface area contributed by atoms with Crippen LogP contribution in [0.25, 0.3) is 5.69 Å². The molecule has 1 aromatic heterocycles. The van der Waals surface area contributed by atoms with Crippen LogP contribution < -0.4 is 0 Å². The zero-order chi connectivity index (χ0) is 16.6. The summed E-state index contributed by atoms with van der Waals surface area (Å²) in [7, 11) is 0. The molecule has 3 rings (SSSR count). The van der Waals surface area contributed by atoms with Crippen molar-refractivity contribution >= 4 is 40.9 Å². The van der Waals surface area contributed by atoms with Gasteiger partial charge in [0.25, 0.3) is 0 Å². The number of hydrogen-bond acceptors (Lipinski definition) is 4. The number of carbonyl (C=O) groups excluding carboxylic acids is 1. The zero-order valence-electron chi connectivity index (χ0n) is 12.1. The lowest BCUT2D eigenvalue weighted by Gasteiger charge is -2.11. The van der Waals surface area contributed by atoms with Crippen LogP contribution in [0, 0.1) is 11.7 Å². The van der Waals surface area contributed by atoms with Gasteiger partial charge in [0.15, 0.2) is 10.9 Å². The van der Waals surface area contributed by atoms with Gasteiger partial charge in [0.1, 0.15) is 10.2 Å². The van der Waals surface area contributed by atoms with Gasteiger partial charge >= 0.3 is 5.97 Å².